The number of phenols is 1. The number of rotatable bonds is 8. The summed E-state index contributed by atoms with van der Waals surface area (Å²) in [4.78, 5) is 24.8. The second kappa shape index (κ2) is 9.01. The number of carbonyl (C=O) groups excluding carboxylic acids is 1. The highest BCUT2D eigenvalue weighted by Gasteiger charge is 2.45. The number of phenolic OH excluding ortho intramolecular Hbond substituents is 1. The monoisotopic (exact) mass is 506 g/mol. The molecule has 2 aromatic heterocycles. The molecule has 0 bridgehead atoms. The van der Waals surface area contributed by atoms with E-state index in [-0.39, 0.29) is 5.56 Å². The number of hydrogen-bond donors (Lipinski definition) is 5. The lowest BCUT2D eigenvalue weighted by atomic mass is 10.1. The third-order valence-corrected chi connectivity index (χ3v) is 6.52. The van der Waals surface area contributed by atoms with Crippen LogP contribution in [0.25, 0.3) is 11.2 Å². The standard InChI is InChI=1S/C20H22N6O8S/c27-12-4-2-1-3-11(12)19(30)25-35(31,32)33-7-13-15(28)16(29)20(34-13)26-9-23-14-17(24-10-5-6-10)21-8-22-18(14)26/h1-4,8-10,13,15-16,20,27-29H,5-7H2,(H,25,30)(H,21,22,24)/t13-,15?,16?,20-/m1/s1. The number of fused-ring (bicyclic) bond motifs is 1. The van der Waals surface area contributed by atoms with Crippen molar-refractivity contribution < 1.29 is 37.5 Å². The molecule has 5 rings (SSSR count). The first-order valence-corrected chi connectivity index (χ1v) is 12.1. The van der Waals surface area contributed by atoms with Gasteiger partial charge in [0, 0.05) is 6.04 Å². The molecule has 4 atom stereocenters. The van der Waals surface area contributed by atoms with Gasteiger partial charge in [0.15, 0.2) is 23.2 Å². The van der Waals surface area contributed by atoms with Gasteiger partial charge in [0.1, 0.15) is 30.4 Å². The Morgan fingerprint density at radius 3 is 2.69 bits per heavy atom. The van der Waals surface area contributed by atoms with Gasteiger partial charge in [-0.1, -0.05) is 12.1 Å². The molecule has 1 aliphatic heterocycles. The Hall–Kier alpha value is -3.37. The molecule has 1 saturated carbocycles. The molecular formula is C20H22N6O8S. The fourth-order valence-electron chi connectivity index (χ4n) is 3.68. The number of hydrogen-bond acceptors (Lipinski definition) is 12. The average Bonchev–Trinajstić information content (AvgIpc) is 3.46. The van der Waals surface area contributed by atoms with Crippen LogP contribution in [0.15, 0.2) is 36.9 Å². The normalized spacial score (nSPS) is 24.5. The fraction of sp³-hybridized carbons (Fsp3) is 0.400. The van der Waals surface area contributed by atoms with Gasteiger partial charge in [-0.2, -0.15) is 8.42 Å². The molecular weight excluding hydrogens is 484 g/mol. The largest absolute Gasteiger partial charge is 0.507 e. The maximum Gasteiger partial charge on any atom is 0.362 e. The summed E-state index contributed by atoms with van der Waals surface area (Å²) < 4.78 is 38.0. The second-order valence-corrected chi connectivity index (χ2v) is 9.55. The Morgan fingerprint density at radius 2 is 1.94 bits per heavy atom. The van der Waals surface area contributed by atoms with Crippen LogP contribution in [0.3, 0.4) is 0 Å². The SMILES string of the molecule is O=C(NS(=O)(=O)OC[C@H]1O[C@@H](n2cnc3c(NC4CC4)ncnc32)C(O)C1O)c1ccccc1O. The topological polar surface area (TPSA) is 198 Å². The van der Waals surface area contributed by atoms with Crippen molar-refractivity contribution in [2.75, 3.05) is 11.9 Å². The first kappa shape index (κ1) is 23.4. The van der Waals surface area contributed by atoms with Crippen molar-refractivity contribution in [2.45, 2.75) is 43.4 Å². The van der Waals surface area contributed by atoms with Crippen molar-refractivity contribution in [1.82, 2.24) is 24.2 Å². The maximum atomic E-state index is 12.2. The van der Waals surface area contributed by atoms with Gasteiger partial charge < -0.3 is 25.4 Å². The van der Waals surface area contributed by atoms with Crippen LogP contribution in [-0.4, -0.2) is 80.1 Å². The molecule has 0 radical (unpaired) electrons. The van der Waals surface area contributed by atoms with Crippen molar-refractivity contribution in [1.29, 1.82) is 0 Å². The lowest BCUT2D eigenvalue weighted by Gasteiger charge is -2.16. The summed E-state index contributed by atoms with van der Waals surface area (Å²) in [6.45, 7) is -0.700. The Bertz CT molecular complexity index is 1360. The summed E-state index contributed by atoms with van der Waals surface area (Å²) in [5.41, 5.74) is 0.541. The highest BCUT2D eigenvalue weighted by atomic mass is 32.2. The Balaban J connectivity index is 1.26. The van der Waals surface area contributed by atoms with Gasteiger partial charge in [-0.3, -0.25) is 13.5 Å². The number of amides is 1. The van der Waals surface area contributed by atoms with E-state index in [2.05, 4.69) is 20.3 Å². The highest BCUT2D eigenvalue weighted by Crippen LogP contribution is 2.33. The Labute approximate surface area is 198 Å². The molecule has 14 nitrogen and oxygen atoms in total. The molecule has 0 spiro atoms. The summed E-state index contributed by atoms with van der Waals surface area (Å²) in [5, 5.41) is 33.9. The molecule has 186 valence electrons. The van der Waals surface area contributed by atoms with E-state index in [0.717, 1.165) is 12.8 Å². The minimum atomic E-state index is -4.62. The molecule has 15 heteroatoms. The fourth-order valence-corrected chi connectivity index (χ4v) is 4.39. The first-order valence-electron chi connectivity index (χ1n) is 10.7. The Kier molecular flexibility index (Phi) is 6.02. The van der Waals surface area contributed by atoms with Gasteiger partial charge in [-0.05, 0) is 25.0 Å². The number of nitrogens with one attached hydrogen (secondary N) is 2. The zero-order valence-corrected chi connectivity index (χ0v) is 18.9. The molecule has 1 amide bonds. The van der Waals surface area contributed by atoms with Gasteiger partial charge in [0.2, 0.25) is 0 Å². The summed E-state index contributed by atoms with van der Waals surface area (Å²) >= 11 is 0. The number of ether oxygens (including phenoxy) is 1. The number of aliphatic hydroxyl groups is 2. The van der Waals surface area contributed by atoms with Crippen molar-refractivity contribution in [3.8, 4) is 5.75 Å². The lowest BCUT2D eigenvalue weighted by Crippen LogP contribution is -2.37. The molecule has 1 aromatic carbocycles. The van der Waals surface area contributed by atoms with Crippen LogP contribution in [0.5, 0.6) is 5.75 Å². The van der Waals surface area contributed by atoms with Crippen LogP contribution in [-0.2, 0) is 19.2 Å². The summed E-state index contributed by atoms with van der Waals surface area (Å²) in [6.07, 6.45) is -0.572. The molecule has 2 unspecified atom stereocenters. The van der Waals surface area contributed by atoms with E-state index >= 15 is 0 Å². The molecule has 3 aromatic rings. The maximum absolute atomic E-state index is 12.2. The van der Waals surface area contributed by atoms with E-state index in [0.29, 0.717) is 23.0 Å². The summed E-state index contributed by atoms with van der Waals surface area (Å²) in [5.74, 6) is -0.975. The number of carbonyl (C=O) groups is 1. The zero-order chi connectivity index (χ0) is 24.7. The van der Waals surface area contributed by atoms with E-state index in [4.69, 9.17) is 8.92 Å². The Morgan fingerprint density at radius 1 is 1.17 bits per heavy atom. The molecule has 2 aliphatic rings. The lowest BCUT2D eigenvalue weighted by molar-refractivity contribution is -0.0468. The van der Waals surface area contributed by atoms with Gasteiger partial charge >= 0.3 is 10.3 Å². The van der Waals surface area contributed by atoms with Crippen LogP contribution in [0.2, 0.25) is 0 Å². The van der Waals surface area contributed by atoms with Crippen molar-refractivity contribution in [2.24, 2.45) is 0 Å². The minimum absolute atomic E-state index is 0.267. The number of aliphatic hydroxyl groups excluding tert-OH is 2. The van der Waals surface area contributed by atoms with Crippen LogP contribution in [0.4, 0.5) is 5.82 Å². The number of aromatic nitrogens is 4. The molecule has 35 heavy (non-hydrogen) atoms. The molecule has 1 saturated heterocycles. The number of benzene rings is 1. The summed E-state index contributed by atoms with van der Waals surface area (Å²) in [7, 11) is -4.62. The zero-order valence-electron chi connectivity index (χ0n) is 18.1. The van der Waals surface area contributed by atoms with E-state index in [1.165, 1.54) is 41.5 Å². The quantitative estimate of drug-likeness (QED) is 0.261. The van der Waals surface area contributed by atoms with Crippen LogP contribution < -0.4 is 10.0 Å². The molecule has 1 aliphatic carbocycles. The average molecular weight is 506 g/mol. The number of para-hydroxylation sites is 1. The predicted octanol–water partition coefficient (Wildman–Crippen LogP) is -0.583. The summed E-state index contributed by atoms with van der Waals surface area (Å²) in [6, 6.07) is 5.69. The molecule has 3 heterocycles. The third-order valence-electron chi connectivity index (χ3n) is 5.64. The van der Waals surface area contributed by atoms with Gasteiger partial charge in [0.05, 0.1) is 18.5 Å². The highest BCUT2D eigenvalue weighted by molar-refractivity contribution is 7.85. The predicted molar refractivity (Wildman–Crippen MR) is 118 cm³/mol. The number of imidazole rings is 1. The van der Waals surface area contributed by atoms with E-state index < -0.39 is 53.1 Å². The second-order valence-electron chi connectivity index (χ2n) is 8.20. The molecule has 5 N–H and O–H groups in total. The van der Waals surface area contributed by atoms with E-state index in [1.54, 1.807) is 4.72 Å². The van der Waals surface area contributed by atoms with Crippen molar-refractivity contribution in [3.63, 3.8) is 0 Å². The molecule has 2 fully saturated rings. The van der Waals surface area contributed by atoms with Gasteiger partial charge in [0.25, 0.3) is 5.91 Å². The van der Waals surface area contributed by atoms with Crippen LogP contribution >= 0.6 is 0 Å². The number of anilines is 1. The van der Waals surface area contributed by atoms with Crippen molar-refractivity contribution >= 4 is 33.2 Å². The van der Waals surface area contributed by atoms with Gasteiger partial charge in [-0.25, -0.2) is 19.7 Å². The smallest absolute Gasteiger partial charge is 0.362 e. The van der Waals surface area contributed by atoms with Gasteiger partial charge in [-0.15, -0.1) is 0 Å². The number of nitrogens with zero attached hydrogens (tertiary/aromatic N) is 4. The van der Waals surface area contributed by atoms with Crippen LogP contribution in [0, 0.1) is 0 Å². The first-order chi connectivity index (χ1) is 16.7. The number of aromatic hydroxyl groups is 1. The van der Waals surface area contributed by atoms with Crippen LogP contribution in [0.1, 0.15) is 29.4 Å². The van der Waals surface area contributed by atoms with Crippen molar-refractivity contribution in [3.05, 3.63) is 42.5 Å². The third kappa shape index (κ3) is 4.76. The van der Waals surface area contributed by atoms with E-state index in [9.17, 15) is 28.5 Å². The minimum Gasteiger partial charge on any atom is -0.507 e. The van der Waals surface area contributed by atoms with E-state index in [1.807, 2.05) is 0 Å².